The summed E-state index contributed by atoms with van der Waals surface area (Å²) in [5.41, 5.74) is 0.531. The Hall–Kier alpha value is -1.42. The molecular weight excluding hydrogens is 206 g/mol. The minimum atomic E-state index is -0.175. The van der Waals surface area contributed by atoms with Crippen LogP contribution in [0, 0.1) is 0 Å². The Bertz CT molecular complexity index is 392. The van der Waals surface area contributed by atoms with Gasteiger partial charge in [-0.15, -0.1) is 0 Å². The molecule has 1 aromatic rings. The molecule has 0 saturated carbocycles. The summed E-state index contributed by atoms with van der Waals surface area (Å²) in [7, 11) is 0. The molecule has 14 heavy (non-hydrogen) atoms. The summed E-state index contributed by atoms with van der Waals surface area (Å²) in [6.45, 7) is 1.61. The standard InChI is InChI=1S/C9H8ClNO3/c1-5(12)11-7-3-9-8(2-6(7)10)13-4-14-9/h2-3H,4H2,1H3,(H,11,12). The molecule has 1 aliphatic heterocycles. The van der Waals surface area contributed by atoms with Crippen LogP contribution in [-0.2, 0) is 4.79 Å². The second-order valence-corrected chi connectivity index (χ2v) is 3.27. The smallest absolute Gasteiger partial charge is 0.231 e. The molecule has 0 aliphatic carbocycles. The second kappa shape index (κ2) is 3.38. The minimum Gasteiger partial charge on any atom is -0.454 e. The second-order valence-electron chi connectivity index (χ2n) is 2.87. The average Bonchev–Trinajstić information content (AvgIpc) is 2.51. The van der Waals surface area contributed by atoms with E-state index in [9.17, 15) is 4.79 Å². The summed E-state index contributed by atoms with van der Waals surface area (Å²) in [6.07, 6.45) is 0. The third kappa shape index (κ3) is 1.61. The number of nitrogens with one attached hydrogen (secondary N) is 1. The van der Waals surface area contributed by atoms with Gasteiger partial charge < -0.3 is 14.8 Å². The van der Waals surface area contributed by atoms with E-state index in [0.29, 0.717) is 22.2 Å². The quantitative estimate of drug-likeness (QED) is 0.777. The largest absolute Gasteiger partial charge is 0.454 e. The van der Waals surface area contributed by atoms with E-state index in [1.54, 1.807) is 12.1 Å². The van der Waals surface area contributed by atoms with Crippen molar-refractivity contribution in [2.75, 3.05) is 12.1 Å². The van der Waals surface area contributed by atoms with Crippen molar-refractivity contribution in [2.24, 2.45) is 0 Å². The molecule has 5 heteroatoms. The molecule has 0 fully saturated rings. The van der Waals surface area contributed by atoms with Crippen molar-refractivity contribution >= 4 is 23.2 Å². The van der Waals surface area contributed by atoms with Gasteiger partial charge in [0.1, 0.15) is 0 Å². The average molecular weight is 214 g/mol. The molecule has 1 amide bonds. The normalized spacial score (nSPS) is 12.7. The van der Waals surface area contributed by atoms with E-state index in [1.165, 1.54) is 6.92 Å². The zero-order valence-electron chi connectivity index (χ0n) is 7.46. The van der Waals surface area contributed by atoms with E-state index in [-0.39, 0.29) is 12.7 Å². The van der Waals surface area contributed by atoms with Gasteiger partial charge in [-0.1, -0.05) is 11.6 Å². The van der Waals surface area contributed by atoms with Gasteiger partial charge in [0.05, 0.1) is 10.7 Å². The van der Waals surface area contributed by atoms with Gasteiger partial charge in [-0.2, -0.15) is 0 Å². The molecule has 2 rings (SSSR count). The molecule has 1 aliphatic rings. The molecular formula is C9H8ClNO3. The van der Waals surface area contributed by atoms with Crippen LogP contribution in [0.3, 0.4) is 0 Å². The van der Waals surface area contributed by atoms with Crippen LogP contribution < -0.4 is 14.8 Å². The van der Waals surface area contributed by atoms with E-state index >= 15 is 0 Å². The zero-order valence-corrected chi connectivity index (χ0v) is 8.22. The minimum absolute atomic E-state index is 0.175. The number of hydrogen-bond donors (Lipinski definition) is 1. The van der Waals surface area contributed by atoms with Crippen LogP contribution in [0.2, 0.25) is 5.02 Å². The maximum atomic E-state index is 10.8. The summed E-state index contributed by atoms with van der Waals surface area (Å²) >= 11 is 5.90. The third-order valence-corrected chi connectivity index (χ3v) is 2.09. The molecule has 0 aromatic heterocycles. The van der Waals surface area contributed by atoms with Crippen molar-refractivity contribution in [3.63, 3.8) is 0 Å². The first-order chi connectivity index (χ1) is 6.66. The Labute approximate surface area is 85.8 Å². The fourth-order valence-electron chi connectivity index (χ4n) is 1.20. The monoisotopic (exact) mass is 213 g/mol. The van der Waals surface area contributed by atoms with Crippen molar-refractivity contribution in [1.29, 1.82) is 0 Å². The Morgan fingerprint density at radius 3 is 2.71 bits per heavy atom. The molecule has 1 heterocycles. The fraction of sp³-hybridized carbons (Fsp3) is 0.222. The SMILES string of the molecule is CC(=O)Nc1cc2c(cc1Cl)OCO2. The first-order valence-electron chi connectivity index (χ1n) is 4.03. The first-order valence-corrected chi connectivity index (χ1v) is 4.41. The highest BCUT2D eigenvalue weighted by Gasteiger charge is 2.16. The predicted molar refractivity (Wildman–Crippen MR) is 51.9 cm³/mol. The van der Waals surface area contributed by atoms with Gasteiger partial charge in [-0.25, -0.2) is 0 Å². The number of carbonyl (C=O) groups excluding carboxylic acids is 1. The van der Waals surface area contributed by atoms with Crippen LogP contribution in [0.5, 0.6) is 11.5 Å². The summed E-state index contributed by atoms with van der Waals surface area (Å²) in [5, 5.41) is 3.03. The van der Waals surface area contributed by atoms with Crippen LogP contribution in [0.4, 0.5) is 5.69 Å². The number of anilines is 1. The zero-order chi connectivity index (χ0) is 10.1. The number of rotatable bonds is 1. The van der Waals surface area contributed by atoms with Crippen molar-refractivity contribution in [3.8, 4) is 11.5 Å². The van der Waals surface area contributed by atoms with Gasteiger partial charge in [0, 0.05) is 19.1 Å². The van der Waals surface area contributed by atoms with E-state index < -0.39 is 0 Å². The molecule has 0 spiro atoms. The topological polar surface area (TPSA) is 47.6 Å². The van der Waals surface area contributed by atoms with E-state index in [2.05, 4.69) is 5.32 Å². The summed E-state index contributed by atoms with van der Waals surface area (Å²) in [4.78, 5) is 10.8. The highest BCUT2D eigenvalue weighted by molar-refractivity contribution is 6.34. The maximum Gasteiger partial charge on any atom is 0.231 e. The number of benzene rings is 1. The molecule has 0 radical (unpaired) electrons. The van der Waals surface area contributed by atoms with Gasteiger partial charge in [0.25, 0.3) is 0 Å². The van der Waals surface area contributed by atoms with Gasteiger partial charge in [-0.05, 0) is 0 Å². The van der Waals surface area contributed by atoms with Crippen LogP contribution in [0.1, 0.15) is 6.92 Å². The molecule has 74 valence electrons. The Morgan fingerprint density at radius 2 is 2.07 bits per heavy atom. The molecule has 1 aromatic carbocycles. The lowest BCUT2D eigenvalue weighted by molar-refractivity contribution is -0.114. The highest BCUT2D eigenvalue weighted by atomic mass is 35.5. The fourth-order valence-corrected chi connectivity index (χ4v) is 1.40. The Balaban J connectivity index is 2.37. The van der Waals surface area contributed by atoms with Gasteiger partial charge in [-0.3, -0.25) is 4.79 Å². The van der Waals surface area contributed by atoms with Crippen LogP contribution in [-0.4, -0.2) is 12.7 Å². The lowest BCUT2D eigenvalue weighted by Gasteiger charge is -2.05. The highest BCUT2D eigenvalue weighted by Crippen LogP contribution is 2.39. The van der Waals surface area contributed by atoms with Crippen LogP contribution in [0.15, 0.2) is 12.1 Å². The number of carbonyl (C=O) groups is 1. The van der Waals surface area contributed by atoms with Crippen molar-refractivity contribution < 1.29 is 14.3 Å². The van der Waals surface area contributed by atoms with E-state index in [0.717, 1.165) is 0 Å². The van der Waals surface area contributed by atoms with Gasteiger partial charge in [0.15, 0.2) is 11.5 Å². The van der Waals surface area contributed by atoms with Crippen LogP contribution >= 0.6 is 11.6 Å². The van der Waals surface area contributed by atoms with Crippen molar-refractivity contribution in [1.82, 2.24) is 0 Å². The molecule has 0 unspecified atom stereocenters. The number of fused-ring (bicyclic) bond motifs is 1. The number of halogens is 1. The Morgan fingerprint density at radius 1 is 1.43 bits per heavy atom. The van der Waals surface area contributed by atoms with Crippen LogP contribution in [0.25, 0.3) is 0 Å². The summed E-state index contributed by atoms with van der Waals surface area (Å²) in [6, 6.07) is 3.27. The summed E-state index contributed by atoms with van der Waals surface area (Å²) in [5.74, 6) is 1.02. The molecule has 0 atom stereocenters. The molecule has 0 bridgehead atoms. The predicted octanol–water partition coefficient (Wildman–Crippen LogP) is 2.03. The van der Waals surface area contributed by atoms with E-state index in [4.69, 9.17) is 21.1 Å². The van der Waals surface area contributed by atoms with E-state index in [1.807, 2.05) is 0 Å². The summed E-state index contributed by atoms with van der Waals surface area (Å²) < 4.78 is 10.3. The molecule has 4 nitrogen and oxygen atoms in total. The third-order valence-electron chi connectivity index (χ3n) is 1.77. The van der Waals surface area contributed by atoms with Gasteiger partial charge in [0.2, 0.25) is 12.7 Å². The van der Waals surface area contributed by atoms with Gasteiger partial charge >= 0.3 is 0 Å². The number of ether oxygens (including phenoxy) is 2. The molecule has 0 saturated heterocycles. The first kappa shape index (κ1) is 9.15. The lowest BCUT2D eigenvalue weighted by atomic mass is 10.2. The number of hydrogen-bond acceptors (Lipinski definition) is 3. The maximum absolute atomic E-state index is 10.8. The van der Waals surface area contributed by atoms with Crippen molar-refractivity contribution in [2.45, 2.75) is 6.92 Å². The lowest BCUT2D eigenvalue weighted by Crippen LogP contribution is -2.06. The Kier molecular flexibility index (Phi) is 2.21. The molecule has 1 N–H and O–H groups in total. The van der Waals surface area contributed by atoms with Crippen molar-refractivity contribution in [3.05, 3.63) is 17.2 Å². The number of amides is 1.